The molecule has 1 aliphatic carbocycles. The molecule has 2 aromatic rings. The largest absolute Gasteiger partial charge is 0.346 e. The molecule has 2 aliphatic rings. The number of anilines is 4. The van der Waals surface area contributed by atoms with E-state index in [1.807, 2.05) is 25.8 Å². The number of benzene rings is 1. The van der Waals surface area contributed by atoms with Gasteiger partial charge in [0.2, 0.25) is 21.9 Å². The van der Waals surface area contributed by atoms with Crippen LogP contribution in [0.15, 0.2) is 35.4 Å². The number of aromatic nitrogens is 2. The number of likely N-dealkylation sites (N-methyl/N-ethyl adjacent to an activating group) is 2. The molecule has 10 heteroatoms. The molecule has 1 amide bonds. The number of fused-ring (bicyclic) bond motifs is 1. The zero-order valence-corrected chi connectivity index (χ0v) is 19.8. The number of carbonyl (C=O) groups is 1. The molecular weight excluding hydrogens is 428 g/mol. The molecule has 1 atom stereocenters. The predicted octanol–water partition coefficient (Wildman–Crippen LogP) is 2.83. The van der Waals surface area contributed by atoms with Crippen molar-refractivity contribution in [3.05, 3.63) is 30.5 Å². The molecule has 1 N–H and O–H groups in total. The summed E-state index contributed by atoms with van der Waals surface area (Å²) in [6.45, 7) is 4.49. The highest BCUT2D eigenvalue weighted by atomic mass is 32.2. The lowest BCUT2D eigenvalue weighted by molar-refractivity contribution is -0.120. The van der Waals surface area contributed by atoms with E-state index >= 15 is 0 Å². The van der Waals surface area contributed by atoms with E-state index in [1.165, 1.54) is 17.1 Å². The zero-order chi connectivity index (χ0) is 23.0. The maximum absolute atomic E-state index is 12.8. The second-order valence-corrected chi connectivity index (χ2v) is 10.3. The number of hydrogen-bond donors (Lipinski definition) is 1. The van der Waals surface area contributed by atoms with Crippen molar-refractivity contribution >= 4 is 39.1 Å². The summed E-state index contributed by atoms with van der Waals surface area (Å²) >= 11 is 0. The highest BCUT2D eigenvalue weighted by Crippen LogP contribution is 2.40. The van der Waals surface area contributed by atoms with Gasteiger partial charge in [0.25, 0.3) is 0 Å². The fourth-order valence-electron chi connectivity index (χ4n) is 4.06. The van der Waals surface area contributed by atoms with Gasteiger partial charge in [-0.05, 0) is 36.6 Å². The Morgan fingerprint density at radius 3 is 2.38 bits per heavy atom. The molecule has 32 heavy (non-hydrogen) atoms. The summed E-state index contributed by atoms with van der Waals surface area (Å²) in [5.74, 6) is 1.78. The first kappa shape index (κ1) is 22.5. The van der Waals surface area contributed by atoms with Crippen LogP contribution in [0.3, 0.4) is 0 Å². The minimum Gasteiger partial charge on any atom is -0.346 e. The van der Waals surface area contributed by atoms with E-state index < -0.39 is 10.0 Å². The van der Waals surface area contributed by atoms with Crippen molar-refractivity contribution in [1.82, 2.24) is 14.3 Å². The molecule has 9 nitrogen and oxygen atoms in total. The Morgan fingerprint density at radius 2 is 1.78 bits per heavy atom. The Bertz CT molecular complexity index is 1100. The predicted molar refractivity (Wildman–Crippen MR) is 125 cm³/mol. The summed E-state index contributed by atoms with van der Waals surface area (Å²) in [6, 6.07) is 6.35. The second-order valence-electron chi connectivity index (χ2n) is 8.34. The number of hydrogen-bond acceptors (Lipinski definition) is 7. The quantitative estimate of drug-likeness (QED) is 0.649. The van der Waals surface area contributed by atoms with Crippen LogP contribution in [-0.2, 0) is 14.8 Å². The van der Waals surface area contributed by atoms with Gasteiger partial charge in [0, 0.05) is 32.9 Å². The highest BCUT2D eigenvalue weighted by molar-refractivity contribution is 7.89. The Labute approximate surface area is 189 Å². The molecule has 1 unspecified atom stereocenters. The summed E-state index contributed by atoms with van der Waals surface area (Å²) in [6.07, 6.45) is 4.86. The first-order chi connectivity index (χ1) is 15.3. The number of rotatable bonds is 8. The number of nitrogens with zero attached hydrogens (tertiary/aromatic N) is 5. The van der Waals surface area contributed by atoms with E-state index in [0.29, 0.717) is 42.1 Å². The normalized spacial score (nSPS) is 18.8. The zero-order valence-electron chi connectivity index (χ0n) is 18.9. The minimum atomic E-state index is -3.50. The molecule has 1 aliphatic heterocycles. The van der Waals surface area contributed by atoms with Gasteiger partial charge in [0.05, 0.1) is 11.1 Å². The maximum Gasteiger partial charge on any atom is 0.249 e. The van der Waals surface area contributed by atoms with Gasteiger partial charge in [0.15, 0.2) is 5.82 Å². The van der Waals surface area contributed by atoms with Crippen LogP contribution < -0.4 is 15.1 Å². The average Bonchev–Trinajstić information content (AvgIpc) is 3.60. The van der Waals surface area contributed by atoms with Crippen molar-refractivity contribution in [3.63, 3.8) is 0 Å². The Balaban J connectivity index is 1.55. The second kappa shape index (κ2) is 8.67. The molecular formula is C22H30N6O3S. The average molecular weight is 459 g/mol. The van der Waals surface area contributed by atoms with Gasteiger partial charge in [-0.25, -0.2) is 13.4 Å². The monoisotopic (exact) mass is 458 g/mol. The van der Waals surface area contributed by atoms with Gasteiger partial charge in [-0.1, -0.05) is 26.7 Å². The van der Waals surface area contributed by atoms with Crippen molar-refractivity contribution in [2.24, 2.45) is 5.92 Å². The van der Waals surface area contributed by atoms with Gasteiger partial charge >= 0.3 is 0 Å². The molecule has 1 aromatic heterocycles. The first-order valence-electron chi connectivity index (χ1n) is 11.0. The van der Waals surface area contributed by atoms with Crippen LogP contribution in [0.25, 0.3) is 0 Å². The molecule has 4 rings (SSSR count). The Hall–Kier alpha value is -2.72. The van der Waals surface area contributed by atoms with Gasteiger partial charge in [-0.15, -0.1) is 0 Å². The molecule has 1 saturated carbocycles. The van der Waals surface area contributed by atoms with Crippen molar-refractivity contribution in [2.75, 3.05) is 42.3 Å². The SMILES string of the molecule is CCN(CC)S(=O)(=O)c1ccc(Nc2ncc3c(n2)N(C)C(CC2CC2)C(=O)N3C)cc1. The molecule has 2 heterocycles. The molecule has 0 saturated heterocycles. The molecule has 0 spiro atoms. The van der Waals surface area contributed by atoms with Crippen molar-refractivity contribution in [1.29, 1.82) is 0 Å². The van der Waals surface area contributed by atoms with E-state index in [0.717, 1.165) is 6.42 Å². The van der Waals surface area contributed by atoms with Crippen molar-refractivity contribution < 1.29 is 13.2 Å². The lowest BCUT2D eigenvalue weighted by atomic mass is 10.0. The van der Waals surface area contributed by atoms with Crippen LogP contribution in [0.2, 0.25) is 0 Å². The van der Waals surface area contributed by atoms with Gasteiger partial charge < -0.3 is 15.1 Å². The lowest BCUT2D eigenvalue weighted by Crippen LogP contribution is -2.51. The van der Waals surface area contributed by atoms with E-state index in [2.05, 4.69) is 15.3 Å². The molecule has 0 radical (unpaired) electrons. The van der Waals surface area contributed by atoms with E-state index in [4.69, 9.17) is 0 Å². The standard InChI is InChI=1S/C22H30N6O3S/c1-5-28(6-2)32(30,31)17-11-9-16(10-12-17)24-22-23-14-19-20(25-22)26(3)18(13-15-7-8-15)21(29)27(19)4/h9-12,14-15,18H,5-8,13H2,1-4H3,(H,23,24,25). The number of sulfonamides is 1. The smallest absolute Gasteiger partial charge is 0.249 e. The van der Waals surface area contributed by atoms with Crippen LogP contribution in [-0.4, -0.2) is 61.8 Å². The topological polar surface area (TPSA) is 98.7 Å². The third kappa shape index (κ3) is 4.16. The van der Waals surface area contributed by atoms with Crippen LogP contribution in [0, 0.1) is 5.92 Å². The first-order valence-corrected chi connectivity index (χ1v) is 12.4. The minimum absolute atomic E-state index is 0.0706. The third-order valence-electron chi connectivity index (χ3n) is 6.24. The van der Waals surface area contributed by atoms with Crippen LogP contribution in [0.5, 0.6) is 0 Å². The highest BCUT2D eigenvalue weighted by Gasteiger charge is 2.39. The van der Waals surface area contributed by atoms with E-state index in [-0.39, 0.29) is 16.8 Å². The van der Waals surface area contributed by atoms with E-state index in [1.54, 1.807) is 42.4 Å². The van der Waals surface area contributed by atoms with Gasteiger partial charge in [-0.2, -0.15) is 9.29 Å². The summed E-state index contributed by atoms with van der Waals surface area (Å²) in [4.78, 5) is 25.7. The fourth-order valence-corrected chi connectivity index (χ4v) is 5.52. The number of carbonyl (C=O) groups excluding carboxylic acids is 1. The Kier molecular flexibility index (Phi) is 6.09. The van der Waals surface area contributed by atoms with E-state index in [9.17, 15) is 13.2 Å². The fraction of sp³-hybridized carbons (Fsp3) is 0.500. The van der Waals surface area contributed by atoms with Gasteiger partial charge in [-0.3, -0.25) is 4.79 Å². The number of nitrogens with one attached hydrogen (secondary N) is 1. The summed E-state index contributed by atoms with van der Waals surface area (Å²) < 4.78 is 26.8. The Morgan fingerprint density at radius 1 is 1.12 bits per heavy atom. The molecule has 172 valence electrons. The summed E-state index contributed by atoms with van der Waals surface area (Å²) in [7, 11) is 0.164. The molecule has 0 bridgehead atoms. The third-order valence-corrected chi connectivity index (χ3v) is 8.30. The van der Waals surface area contributed by atoms with Crippen molar-refractivity contribution in [3.8, 4) is 0 Å². The van der Waals surface area contributed by atoms with Crippen LogP contribution in [0.4, 0.5) is 23.1 Å². The van der Waals surface area contributed by atoms with Gasteiger partial charge in [0.1, 0.15) is 11.7 Å². The lowest BCUT2D eigenvalue weighted by Gasteiger charge is -2.38. The molecule has 1 aromatic carbocycles. The van der Waals surface area contributed by atoms with Crippen LogP contribution >= 0.6 is 0 Å². The summed E-state index contributed by atoms with van der Waals surface area (Å²) in [5, 5.41) is 3.14. The van der Waals surface area contributed by atoms with Crippen molar-refractivity contribution in [2.45, 2.75) is 44.0 Å². The molecule has 1 fully saturated rings. The maximum atomic E-state index is 12.8. The number of amides is 1. The summed E-state index contributed by atoms with van der Waals surface area (Å²) in [5.41, 5.74) is 1.36. The van der Waals surface area contributed by atoms with Crippen LogP contribution in [0.1, 0.15) is 33.1 Å².